The summed E-state index contributed by atoms with van der Waals surface area (Å²) in [5, 5.41) is 12.1. The van der Waals surface area contributed by atoms with Gasteiger partial charge in [0.2, 0.25) is 5.91 Å². The molecule has 2 aliphatic heterocycles. The molecule has 0 aromatic heterocycles. The Balaban J connectivity index is 1.66. The first kappa shape index (κ1) is 24.4. The minimum Gasteiger partial charge on any atom is -0.366 e. The second kappa shape index (κ2) is 8.81. The van der Waals surface area contributed by atoms with Gasteiger partial charge in [-0.3, -0.25) is 9.59 Å². The lowest BCUT2D eigenvalue weighted by Gasteiger charge is -2.58. The van der Waals surface area contributed by atoms with Crippen molar-refractivity contribution in [2.24, 2.45) is 0 Å². The summed E-state index contributed by atoms with van der Waals surface area (Å²) in [7, 11) is 1.62. The molecular formula is C23H19F4N5O2S. The van der Waals surface area contributed by atoms with Crippen LogP contribution < -0.4 is 10.2 Å². The van der Waals surface area contributed by atoms with Gasteiger partial charge in [0.05, 0.1) is 24.2 Å². The van der Waals surface area contributed by atoms with E-state index in [1.807, 2.05) is 0 Å². The van der Waals surface area contributed by atoms with E-state index >= 15 is 0 Å². The van der Waals surface area contributed by atoms with Gasteiger partial charge in [0.15, 0.2) is 10.7 Å². The molecule has 2 heterocycles. The van der Waals surface area contributed by atoms with E-state index in [0.717, 1.165) is 23.1 Å². The number of likely N-dealkylation sites (tertiary alicyclic amines) is 1. The average molecular weight is 505 g/mol. The van der Waals surface area contributed by atoms with Crippen LogP contribution in [0.15, 0.2) is 42.5 Å². The number of nitrogens with one attached hydrogen (secondary N) is 1. The summed E-state index contributed by atoms with van der Waals surface area (Å²) in [4.78, 5) is 31.1. The van der Waals surface area contributed by atoms with Crippen LogP contribution in [0.5, 0.6) is 0 Å². The second-order valence-corrected chi connectivity index (χ2v) is 8.67. The molecule has 1 N–H and O–H groups in total. The maximum absolute atomic E-state index is 14.2. The fourth-order valence-electron chi connectivity index (χ4n) is 4.28. The number of benzene rings is 2. The number of hydrogen-bond acceptors (Lipinski definition) is 4. The van der Waals surface area contributed by atoms with E-state index in [9.17, 15) is 27.2 Å². The molecule has 2 amide bonds. The fourth-order valence-corrected chi connectivity index (χ4v) is 4.41. The van der Waals surface area contributed by atoms with Gasteiger partial charge in [-0.25, -0.2) is 4.39 Å². The highest BCUT2D eigenvalue weighted by atomic mass is 32.1. The zero-order valence-corrected chi connectivity index (χ0v) is 19.2. The Morgan fingerprint density at radius 1 is 1.17 bits per heavy atom. The van der Waals surface area contributed by atoms with E-state index < -0.39 is 34.9 Å². The number of thiocarbonyl (C=S) groups is 1. The Bertz CT molecular complexity index is 1240. The largest absolute Gasteiger partial charge is 0.416 e. The maximum Gasteiger partial charge on any atom is 0.416 e. The molecule has 0 saturated carbocycles. The highest BCUT2D eigenvalue weighted by Crippen LogP contribution is 2.37. The Labute approximate surface area is 203 Å². The van der Waals surface area contributed by atoms with Crippen molar-refractivity contribution in [3.8, 4) is 6.07 Å². The number of piperazine rings is 1. The zero-order valence-electron chi connectivity index (χ0n) is 18.4. The monoisotopic (exact) mass is 505 g/mol. The van der Waals surface area contributed by atoms with E-state index in [1.54, 1.807) is 18.0 Å². The van der Waals surface area contributed by atoms with Crippen LogP contribution in [-0.2, 0) is 22.3 Å². The van der Waals surface area contributed by atoms with Gasteiger partial charge in [-0.2, -0.15) is 18.4 Å². The Kier molecular flexibility index (Phi) is 6.14. The molecule has 4 rings (SSSR count). The number of nitriles is 1. The molecule has 35 heavy (non-hydrogen) atoms. The lowest BCUT2D eigenvalue weighted by atomic mass is 9.83. The van der Waals surface area contributed by atoms with Gasteiger partial charge >= 0.3 is 6.18 Å². The summed E-state index contributed by atoms with van der Waals surface area (Å²) in [5.74, 6) is -1.74. The third-order valence-electron chi connectivity index (χ3n) is 6.17. The number of alkyl halides is 3. The van der Waals surface area contributed by atoms with E-state index in [2.05, 4.69) is 5.32 Å². The van der Waals surface area contributed by atoms with Gasteiger partial charge in [0, 0.05) is 19.3 Å². The quantitative estimate of drug-likeness (QED) is 0.511. The van der Waals surface area contributed by atoms with Gasteiger partial charge in [0.1, 0.15) is 18.4 Å². The fraction of sp³-hybridized carbons (Fsp3) is 0.304. The van der Waals surface area contributed by atoms with E-state index in [-0.39, 0.29) is 37.4 Å². The standard InChI is InChI=1S/C23H19F4N5O2S/c1-29-21(35)30-12-22(13-30)20(34)31(17-7-4-15(9-28)18(24)8-17)11-19(33)32(22)10-14-2-5-16(6-3-14)23(25,26)27/h2-8H,10-13H2,1H3,(H,29,35). The predicted octanol–water partition coefficient (Wildman–Crippen LogP) is 2.65. The molecule has 1 spiro atoms. The minimum atomic E-state index is -4.50. The number of hydrogen-bond donors (Lipinski definition) is 1. The number of amides is 2. The van der Waals surface area contributed by atoms with Crippen LogP contribution in [0.2, 0.25) is 0 Å². The summed E-state index contributed by atoms with van der Waals surface area (Å²) in [5.41, 5.74) is -1.81. The van der Waals surface area contributed by atoms with Crippen LogP contribution in [0, 0.1) is 17.1 Å². The Morgan fingerprint density at radius 2 is 1.83 bits per heavy atom. The molecular weight excluding hydrogens is 486 g/mol. The molecule has 2 fully saturated rings. The van der Waals surface area contributed by atoms with Crippen molar-refractivity contribution in [3.05, 3.63) is 65.0 Å². The van der Waals surface area contributed by atoms with Crippen molar-refractivity contribution in [3.63, 3.8) is 0 Å². The topological polar surface area (TPSA) is 79.7 Å². The van der Waals surface area contributed by atoms with Crippen molar-refractivity contribution in [1.82, 2.24) is 15.1 Å². The second-order valence-electron chi connectivity index (χ2n) is 8.28. The molecule has 182 valence electrons. The van der Waals surface area contributed by atoms with Gasteiger partial charge < -0.3 is 20.0 Å². The molecule has 2 aromatic rings. The van der Waals surface area contributed by atoms with Crippen LogP contribution in [-0.4, -0.2) is 58.9 Å². The lowest BCUT2D eigenvalue weighted by Crippen LogP contribution is -2.81. The van der Waals surface area contributed by atoms with Crippen molar-refractivity contribution in [2.75, 3.05) is 31.6 Å². The van der Waals surface area contributed by atoms with E-state index in [1.165, 1.54) is 29.2 Å². The highest BCUT2D eigenvalue weighted by Gasteiger charge is 2.60. The summed E-state index contributed by atoms with van der Waals surface area (Å²) in [6, 6.07) is 9.73. The molecule has 7 nitrogen and oxygen atoms in total. The van der Waals surface area contributed by atoms with Crippen LogP contribution in [0.1, 0.15) is 16.7 Å². The summed E-state index contributed by atoms with van der Waals surface area (Å²) in [6.45, 7) is -0.345. The van der Waals surface area contributed by atoms with E-state index in [4.69, 9.17) is 17.5 Å². The molecule has 0 bridgehead atoms. The Morgan fingerprint density at radius 3 is 2.37 bits per heavy atom. The predicted molar refractivity (Wildman–Crippen MR) is 121 cm³/mol. The van der Waals surface area contributed by atoms with Crippen molar-refractivity contribution in [2.45, 2.75) is 18.3 Å². The summed E-state index contributed by atoms with van der Waals surface area (Å²) in [6.07, 6.45) is -4.50. The van der Waals surface area contributed by atoms with Crippen LogP contribution in [0.3, 0.4) is 0 Å². The number of carbonyl (C=O) groups is 2. The number of halogens is 4. The van der Waals surface area contributed by atoms with E-state index in [0.29, 0.717) is 10.7 Å². The first-order chi connectivity index (χ1) is 16.5. The smallest absolute Gasteiger partial charge is 0.366 e. The number of nitrogens with zero attached hydrogens (tertiary/aromatic N) is 4. The Hall–Kier alpha value is -3.72. The molecule has 0 unspecified atom stereocenters. The molecule has 2 saturated heterocycles. The van der Waals surface area contributed by atoms with Crippen LogP contribution in [0.4, 0.5) is 23.2 Å². The first-order valence-electron chi connectivity index (χ1n) is 10.4. The SMILES string of the molecule is CNC(=S)N1CC2(C1)C(=O)N(c1ccc(C#N)c(F)c1)CC(=O)N2Cc1ccc(C(F)(F)F)cc1. The lowest BCUT2D eigenvalue weighted by molar-refractivity contribution is -0.160. The molecule has 0 radical (unpaired) electrons. The molecule has 2 aliphatic rings. The van der Waals surface area contributed by atoms with Crippen molar-refractivity contribution >= 4 is 34.8 Å². The summed E-state index contributed by atoms with van der Waals surface area (Å²) >= 11 is 5.23. The molecule has 12 heteroatoms. The minimum absolute atomic E-state index is 0.0626. The normalized spacial score (nSPS) is 17.3. The third kappa shape index (κ3) is 4.27. The average Bonchev–Trinajstić information content (AvgIpc) is 2.79. The van der Waals surface area contributed by atoms with Crippen molar-refractivity contribution < 1.29 is 27.2 Å². The van der Waals surface area contributed by atoms with Gasteiger partial charge in [-0.1, -0.05) is 12.1 Å². The van der Waals surface area contributed by atoms with Crippen LogP contribution >= 0.6 is 12.2 Å². The maximum atomic E-state index is 14.2. The van der Waals surface area contributed by atoms with Gasteiger partial charge in [-0.05, 0) is 48.1 Å². The van der Waals surface area contributed by atoms with Gasteiger partial charge in [-0.15, -0.1) is 0 Å². The van der Waals surface area contributed by atoms with Gasteiger partial charge in [0.25, 0.3) is 5.91 Å². The zero-order chi connectivity index (χ0) is 25.5. The molecule has 0 aliphatic carbocycles. The first-order valence-corrected chi connectivity index (χ1v) is 10.9. The molecule has 2 aromatic carbocycles. The highest BCUT2D eigenvalue weighted by molar-refractivity contribution is 7.80. The van der Waals surface area contributed by atoms with Crippen LogP contribution in [0.25, 0.3) is 0 Å². The number of rotatable bonds is 3. The number of anilines is 1. The molecule has 0 atom stereocenters. The summed E-state index contributed by atoms with van der Waals surface area (Å²) < 4.78 is 53.0. The van der Waals surface area contributed by atoms with Crippen molar-refractivity contribution in [1.29, 1.82) is 5.26 Å². The third-order valence-corrected chi connectivity index (χ3v) is 6.63. The number of carbonyl (C=O) groups excluding carboxylic acids is 2.